The minimum absolute atomic E-state index is 0.00219. The number of rotatable bonds is 4. The molecular weight excluding hydrogens is 234 g/mol. The first-order chi connectivity index (χ1) is 8.61. The predicted octanol–water partition coefficient (Wildman–Crippen LogP) is 1.86. The number of nitro groups is 1. The van der Waals surface area contributed by atoms with E-state index in [1.54, 1.807) is 6.07 Å². The van der Waals surface area contributed by atoms with Crippen LogP contribution in [0.3, 0.4) is 0 Å². The lowest BCUT2D eigenvalue weighted by Crippen LogP contribution is -2.06. The van der Waals surface area contributed by atoms with Gasteiger partial charge in [0.1, 0.15) is 0 Å². The number of aliphatic hydroxyl groups excluding tert-OH is 1. The number of fused-ring (bicyclic) bond motifs is 1. The van der Waals surface area contributed by atoms with E-state index in [9.17, 15) is 10.1 Å². The molecule has 1 aromatic carbocycles. The third kappa shape index (κ3) is 2.38. The van der Waals surface area contributed by atoms with Crippen molar-refractivity contribution in [3.8, 4) is 0 Å². The van der Waals surface area contributed by atoms with Crippen molar-refractivity contribution in [3.05, 3.63) is 40.1 Å². The summed E-state index contributed by atoms with van der Waals surface area (Å²) in [4.78, 5) is 14.6. The van der Waals surface area contributed by atoms with Crippen LogP contribution in [0.25, 0.3) is 10.9 Å². The summed E-state index contributed by atoms with van der Waals surface area (Å²) in [6.07, 6.45) is 0. The van der Waals surface area contributed by atoms with E-state index in [1.165, 1.54) is 12.1 Å². The summed E-state index contributed by atoms with van der Waals surface area (Å²) in [6.45, 7) is 2.24. The second kappa shape index (κ2) is 4.97. The molecule has 0 aliphatic heterocycles. The number of nitrogens with one attached hydrogen (secondary N) is 1. The number of nitrogens with zero attached hydrogens (tertiary/aromatic N) is 2. The number of hydrogen-bond acceptors (Lipinski definition) is 5. The Labute approximate surface area is 103 Å². The fourth-order valence-electron chi connectivity index (χ4n) is 1.80. The first-order valence-electron chi connectivity index (χ1n) is 5.52. The monoisotopic (exact) mass is 247 g/mol. The summed E-state index contributed by atoms with van der Waals surface area (Å²) in [6, 6.07) is 6.36. The van der Waals surface area contributed by atoms with Crippen LogP contribution in [0.1, 0.15) is 5.69 Å². The van der Waals surface area contributed by atoms with Gasteiger partial charge in [0.25, 0.3) is 5.69 Å². The lowest BCUT2D eigenvalue weighted by Gasteiger charge is -2.09. The van der Waals surface area contributed by atoms with Gasteiger partial charge < -0.3 is 10.4 Å². The number of non-ortho nitro benzene ring substituents is 1. The zero-order valence-corrected chi connectivity index (χ0v) is 9.88. The summed E-state index contributed by atoms with van der Waals surface area (Å²) in [7, 11) is 0. The minimum Gasteiger partial charge on any atom is -0.395 e. The van der Waals surface area contributed by atoms with Crippen LogP contribution < -0.4 is 5.32 Å². The van der Waals surface area contributed by atoms with Gasteiger partial charge in [0.05, 0.1) is 17.0 Å². The van der Waals surface area contributed by atoms with Gasteiger partial charge in [-0.25, -0.2) is 0 Å². The highest BCUT2D eigenvalue weighted by atomic mass is 16.6. The van der Waals surface area contributed by atoms with Crippen LogP contribution in [0.15, 0.2) is 24.3 Å². The molecule has 0 atom stereocenters. The maximum absolute atomic E-state index is 10.8. The van der Waals surface area contributed by atoms with Crippen molar-refractivity contribution in [3.63, 3.8) is 0 Å². The Hall–Kier alpha value is -2.21. The molecule has 94 valence electrons. The lowest BCUT2D eigenvalue weighted by molar-refractivity contribution is -0.384. The molecule has 0 aliphatic carbocycles. The zero-order chi connectivity index (χ0) is 13.1. The van der Waals surface area contributed by atoms with Crippen molar-refractivity contribution in [2.45, 2.75) is 6.92 Å². The van der Waals surface area contributed by atoms with Gasteiger partial charge in [-0.1, -0.05) is 0 Å². The number of nitro benzene ring substituents is 1. The third-order valence-corrected chi connectivity index (χ3v) is 2.56. The first kappa shape index (κ1) is 12.3. The van der Waals surface area contributed by atoms with Crippen LogP contribution in [0.5, 0.6) is 0 Å². The van der Waals surface area contributed by atoms with Crippen LogP contribution in [-0.2, 0) is 0 Å². The maximum atomic E-state index is 10.8. The zero-order valence-electron chi connectivity index (χ0n) is 9.88. The Balaban J connectivity index is 2.58. The molecule has 2 N–H and O–H groups in total. The molecule has 1 heterocycles. The molecule has 0 saturated carbocycles. The van der Waals surface area contributed by atoms with Crippen molar-refractivity contribution < 1.29 is 10.0 Å². The van der Waals surface area contributed by atoms with Crippen LogP contribution in [-0.4, -0.2) is 28.2 Å². The highest BCUT2D eigenvalue weighted by Gasteiger charge is 2.10. The van der Waals surface area contributed by atoms with Crippen LogP contribution in [0.4, 0.5) is 11.4 Å². The topological polar surface area (TPSA) is 88.3 Å². The summed E-state index contributed by atoms with van der Waals surface area (Å²) >= 11 is 0. The molecule has 0 fully saturated rings. The molecule has 2 aromatic rings. The number of benzene rings is 1. The molecule has 18 heavy (non-hydrogen) atoms. The van der Waals surface area contributed by atoms with E-state index >= 15 is 0 Å². The van der Waals surface area contributed by atoms with E-state index < -0.39 is 4.92 Å². The van der Waals surface area contributed by atoms with Crippen molar-refractivity contribution in [1.29, 1.82) is 0 Å². The van der Waals surface area contributed by atoms with Crippen molar-refractivity contribution in [1.82, 2.24) is 4.98 Å². The van der Waals surface area contributed by atoms with Gasteiger partial charge in [0, 0.05) is 35.4 Å². The fraction of sp³-hybridized carbons (Fsp3) is 0.250. The van der Waals surface area contributed by atoms with E-state index in [4.69, 9.17) is 5.11 Å². The number of anilines is 1. The first-order valence-corrected chi connectivity index (χ1v) is 5.52. The van der Waals surface area contributed by atoms with E-state index in [-0.39, 0.29) is 12.3 Å². The Bertz CT molecular complexity index is 598. The molecule has 1 aromatic heterocycles. The number of aliphatic hydroxyl groups is 1. The molecule has 0 spiro atoms. The van der Waals surface area contributed by atoms with Gasteiger partial charge in [-0.2, -0.15) is 0 Å². The molecule has 2 rings (SSSR count). The third-order valence-electron chi connectivity index (χ3n) is 2.56. The van der Waals surface area contributed by atoms with Gasteiger partial charge in [-0.15, -0.1) is 0 Å². The molecule has 0 radical (unpaired) electrons. The van der Waals surface area contributed by atoms with Crippen molar-refractivity contribution in [2.75, 3.05) is 18.5 Å². The normalized spacial score (nSPS) is 10.6. The van der Waals surface area contributed by atoms with Gasteiger partial charge >= 0.3 is 0 Å². The van der Waals surface area contributed by atoms with Crippen molar-refractivity contribution in [2.24, 2.45) is 0 Å². The molecule has 0 unspecified atom stereocenters. The molecule has 0 saturated heterocycles. The van der Waals surface area contributed by atoms with Gasteiger partial charge in [0.15, 0.2) is 0 Å². The predicted molar refractivity (Wildman–Crippen MR) is 68.7 cm³/mol. The Kier molecular flexibility index (Phi) is 3.38. The largest absolute Gasteiger partial charge is 0.395 e. The Morgan fingerprint density at radius 3 is 2.89 bits per heavy atom. The minimum atomic E-state index is -0.435. The molecule has 0 bridgehead atoms. The Morgan fingerprint density at radius 2 is 2.22 bits per heavy atom. The van der Waals surface area contributed by atoms with E-state index in [1.807, 2.05) is 13.0 Å². The van der Waals surface area contributed by atoms with Crippen LogP contribution in [0, 0.1) is 17.0 Å². The number of aryl methyl sites for hydroxylation is 1. The fourth-order valence-corrected chi connectivity index (χ4v) is 1.80. The number of hydrogen-bond donors (Lipinski definition) is 2. The highest BCUT2D eigenvalue weighted by Crippen LogP contribution is 2.26. The summed E-state index contributed by atoms with van der Waals surface area (Å²) in [5.41, 5.74) is 2.29. The molecular formula is C12H13N3O3. The molecule has 0 aliphatic rings. The van der Waals surface area contributed by atoms with E-state index in [0.717, 1.165) is 11.4 Å². The molecule has 6 nitrogen and oxygen atoms in total. The molecule has 0 amide bonds. The highest BCUT2D eigenvalue weighted by molar-refractivity contribution is 5.93. The average molecular weight is 247 g/mol. The summed E-state index contributed by atoms with van der Waals surface area (Å²) in [5, 5.41) is 23.3. The smallest absolute Gasteiger partial charge is 0.270 e. The summed E-state index contributed by atoms with van der Waals surface area (Å²) < 4.78 is 0. The van der Waals surface area contributed by atoms with Gasteiger partial charge in [-0.05, 0) is 19.1 Å². The quantitative estimate of drug-likeness (QED) is 0.636. The van der Waals surface area contributed by atoms with Crippen molar-refractivity contribution >= 4 is 22.3 Å². The lowest BCUT2D eigenvalue weighted by atomic mass is 10.1. The van der Waals surface area contributed by atoms with E-state index in [0.29, 0.717) is 17.4 Å². The average Bonchev–Trinajstić information content (AvgIpc) is 2.35. The van der Waals surface area contributed by atoms with Crippen LogP contribution >= 0.6 is 0 Å². The maximum Gasteiger partial charge on any atom is 0.270 e. The SMILES string of the molecule is Cc1cc(NCCO)c2cc([N+](=O)[O-])ccc2n1. The van der Waals surface area contributed by atoms with E-state index in [2.05, 4.69) is 10.3 Å². The van der Waals surface area contributed by atoms with Gasteiger partial charge in [0.2, 0.25) is 0 Å². The van der Waals surface area contributed by atoms with Gasteiger partial charge in [-0.3, -0.25) is 15.1 Å². The Morgan fingerprint density at radius 1 is 1.44 bits per heavy atom. The summed E-state index contributed by atoms with van der Waals surface area (Å²) in [5.74, 6) is 0. The second-order valence-electron chi connectivity index (χ2n) is 3.92. The molecule has 6 heteroatoms. The second-order valence-corrected chi connectivity index (χ2v) is 3.92. The van der Waals surface area contributed by atoms with Crippen LogP contribution in [0.2, 0.25) is 0 Å². The standard InChI is InChI=1S/C12H13N3O3/c1-8-6-12(13-4-5-16)10-7-9(15(17)18)2-3-11(10)14-8/h2-3,6-7,16H,4-5H2,1H3,(H,13,14). The number of aromatic nitrogens is 1. The number of pyridine rings is 1.